The smallest absolute Gasteiger partial charge is 0.328 e. The first-order valence-electron chi connectivity index (χ1n) is 5.38. The van der Waals surface area contributed by atoms with Gasteiger partial charge in [0.1, 0.15) is 5.78 Å². The third kappa shape index (κ3) is 1.80. The second-order valence-corrected chi connectivity index (χ2v) is 5.09. The lowest BCUT2D eigenvalue weighted by Crippen LogP contribution is -2.64. The predicted molar refractivity (Wildman–Crippen MR) is 67.3 cm³/mol. The van der Waals surface area contributed by atoms with E-state index < -0.39 is 18.2 Å². The van der Waals surface area contributed by atoms with Gasteiger partial charge in [-0.1, -0.05) is 0 Å². The van der Waals surface area contributed by atoms with Crippen molar-refractivity contribution in [2.45, 2.75) is 19.1 Å². The van der Waals surface area contributed by atoms with Gasteiger partial charge in [-0.3, -0.25) is 14.5 Å². The summed E-state index contributed by atoms with van der Waals surface area (Å²) in [5.41, 5.74) is 0. The maximum absolute atomic E-state index is 12.1. The first-order chi connectivity index (χ1) is 8.34. The Morgan fingerprint density at radius 3 is 2.56 bits per heavy atom. The molecule has 8 heteroatoms. The lowest BCUT2D eigenvalue weighted by atomic mass is 10.1. The van der Waals surface area contributed by atoms with Crippen LogP contribution in [0.4, 0.5) is 4.79 Å². The molecule has 0 aliphatic carbocycles. The summed E-state index contributed by atoms with van der Waals surface area (Å²) < 4.78 is 0.427. The number of carbonyl (C=O) groups excluding carboxylic acids is 3. The zero-order chi connectivity index (χ0) is 13.6. The van der Waals surface area contributed by atoms with Crippen LogP contribution in [0, 0.1) is 0 Å². The largest absolute Gasteiger partial charge is 0.328 e. The molecule has 2 rings (SSSR count). The molecule has 2 heterocycles. The molecule has 3 amide bonds. The highest BCUT2D eigenvalue weighted by Gasteiger charge is 2.50. The van der Waals surface area contributed by atoms with Crippen LogP contribution >= 0.6 is 15.9 Å². The predicted octanol–water partition coefficient (Wildman–Crippen LogP) is -0.140. The van der Waals surface area contributed by atoms with Gasteiger partial charge in [0.15, 0.2) is 17.0 Å². The Bertz CT molecular complexity index is 464. The number of aliphatic imine (C=N–C) groups is 1. The van der Waals surface area contributed by atoms with Crippen molar-refractivity contribution in [2.24, 2.45) is 4.99 Å². The van der Waals surface area contributed by atoms with Gasteiger partial charge in [-0.15, -0.1) is 0 Å². The second kappa shape index (κ2) is 4.34. The topological polar surface area (TPSA) is 73.3 Å². The molecule has 2 aliphatic rings. The third-order valence-corrected chi connectivity index (χ3v) is 3.72. The highest BCUT2D eigenvalue weighted by Crippen LogP contribution is 2.28. The van der Waals surface area contributed by atoms with Gasteiger partial charge in [0.05, 0.1) is 6.54 Å². The lowest BCUT2D eigenvalue weighted by molar-refractivity contribution is -0.136. The Kier molecular flexibility index (Phi) is 3.14. The number of hydrogen-bond acceptors (Lipinski definition) is 5. The standard InChI is InChI=1S/C10H13BrN4O3/c1-5(16)4-15-6-7(12-9(15)11)13(2)10(18)14(3)8(6)17/h6-7H,4H2,1-3H3/t6-,7+/m0/s1. The van der Waals surface area contributed by atoms with Crippen molar-refractivity contribution in [1.82, 2.24) is 14.7 Å². The molecule has 1 saturated heterocycles. The number of Topliss-reactive ketones (excluding diaryl/α,β-unsaturated/α-hetero) is 1. The summed E-state index contributed by atoms with van der Waals surface area (Å²) in [6.07, 6.45) is -0.574. The van der Waals surface area contributed by atoms with Crippen LogP contribution in [0.5, 0.6) is 0 Å². The molecule has 0 radical (unpaired) electrons. The van der Waals surface area contributed by atoms with Gasteiger partial charge in [-0.05, 0) is 22.9 Å². The van der Waals surface area contributed by atoms with E-state index >= 15 is 0 Å². The van der Waals surface area contributed by atoms with Gasteiger partial charge in [-0.25, -0.2) is 9.79 Å². The Hall–Kier alpha value is -1.44. The minimum atomic E-state index is -0.629. The van der Waals surface area contributed by atoms with Gasteiger partial charge in [0.25, 0.3) is 5.91 Å². The first-order valence-corrected chi connectivity index (χ1v) is 6.17. The lowest BCUT2D eigenvalue weighted by Gasteiger charge is -2.39. The van der Waals surface area contributed by atoms with Crippen LogP contribution < -0.4 is 0 Å². The number of rotatable bonds is 2. The van der Waals surface area contributed by atoms with Gasteiger partial charge in [0, 0.05) is 14.1 Å². The Labute approximate surface area is 113 Å². The molecule has 2 aliphatic heterocycles. The van der Waals surface area contributed by atoms with Crippen molar-refractivity contribution >= 4 is 38.4 Å². The van der Waals surface area contributed by atoms with E-state index in [0.29, 0.717) is 4.74 Å². The Morgan fingerprint density at radius 1 is 1.39 bits per heavy atom. The van der Waals surface area contributed by atoms with E-state index in [9.17, 15) is 14.4 Å². The van der Waals surface area contributed by atoms with E-state index in [1.165, 1.54) is 18.9 Å². The van der Waals surface area contributed by atoms with E-state index in [-0.39, 0.29) is 18.2 Å². The van der Waals surface area contributed by atoms with Crippen LogP contribution in [0.25, 0.3) is 0 Å². The number of hydrogen-bond donors (Lipinski definition) is 0. The van der Waals surface area contributed by atoms with E-state index in [1.54, 1.807) is 11.9 Å². The van der Waals surface area contributed by atoms with Crippen LogP contribution in [0.2, 0.25) is 0 Å². The number of imide groups is 1. The van der Waals surface area contributed by atoms with Crippen molar-refractivity contribution in [3.05, 3.63) is 0 Å². The number of likely N-dealkylation sites (N-methyl/N-ethyl adjacent to an activating group) is 2. The molecule has 0 unspecified atom stereocenters. The SMILES string of the molecule is CC(=O)CN1C(Br)=N[C@H]2[C@H]1C(=O)N(C)C(=O)N2C. The molecular weight excluding hydrogens is 304 g/mol. The van der Waals surface area contributed by atoms with Gasteiger partial charge in [-0.2, -0.15) is 0 Å². The molecule has 7 nitrogen and oxygen atoms in total. The summed E-state index contributed by atoms with van der Waals surface area (Å²) in [6, 6.07) is -1.02. The number of halogens is 1. The second-order valence-electron chi connectivity index (χ2n) is 4.38. The van der Waals surface area contributed by atoms with Crippen molar-refractivity contribution in [3.8, 4) is 0 Å². The van der Waals surface area contributed by atoms with Crippen molar-refractivity contribution < 1.29 is 14.4 Å². The number of fused-ring (bicyclic) bond motifs is 1. The summed E-state index contributed by atoms with van der Waals surface area (Å²) in [7, 11) is 3.01. The van der Waals surface area contributed by atoms with Gasteiger partial charge < -0.3 is 9.80 Å². The van der Waals surface area contributed by atoms with E-state index in [1.807, 2.05) is 0 Å². The minimum absolute atomic E-state index is 0.0715. The van der Waals surface area contributed by atoms with E-state index in [0.717, 1.165) is 4.90 Å². The van der Waals surface area contributed by atoms with Crippen molar-refractivity contribution in [1.29, 1.82) is 0 Å². The monoisotopic (exact) mass is 316 g/mol. The zero-order valence-corrected chi connectivity index (χ0v) is 11.8. The summed E-state index contributed by atoms with van der Waals surface area (Å²) in [5, 5.41) is 0. The molecule has 0 aromatic rings. The number of nitrogens with zero attached hydrogens (tertiary/aromatic N) is 4. The third-order valence-electron chi connectivity index (χ3n) is 3.06. The number of ketones is 1. The van der Waals surface area contributed by atoms with Crippen LogP contribution in [-0.4, -0.2) is 70.0 Å². The molecule has 0 aromatic heterocycles. The molecule has 98 valence electrons. The molecule has 2 atom stereocenters. The maximum Gasteiger partial charge on any atom is 0.328 e. The molecule has 0 aromatic carbocycles. The molecular formula is C10H13BrN4O3. The van der Waals surface area contributed by atoms with Crippen LogP contribution in [0.1, 0.15) is 6.92 Å². The van der Waals surface area contributed by atoms with Crippen molar-refractivity contribution in [3.63, 3.8) is 0 Å². The number of carbonyl (C=O) groups is 3. The average Bonchev–Trinajstić information content (AvgIpc) is 2.61. The number of amides is 3. The van der Waals surface area contributed by atoms with Gasteiger partial charge in [0.2, 0.25) is 0 Å². The molecule has 0 spiro atoms. The number of amidine groups is 1. The Balaban J connectivity index is 2.35. The molecule has 0 bridgehead atoms. The number of urea groups is 1. The zero-order valence-electron chi connectivity index (χ0n) is 10.3. The fourth-order valence-electron chi connectivity index (χ4n) is 2.13. The molecule has 18 heavy (non-hydrogen) atoms. The molecule has 0 N–H and O–H groups in total. The summed E-state index contributed by atoms with van der Waals surface area (Å²) >= 11 is 3.23. The van der Waals surface area contributed by atoms with Gasteiger partial charge >= 0.3 is 6.03 Å². The Morgan fingerprint density at radius 2 is 2.00 bits per heavy atom. The fraction of sp³-hybridized carbons (Fsp3) is 0.600. The quantitative estimate of drug-likeness (QED) is 0.665. The first kappa shape index (κ1) is 13.0. The normalized spacial score (nSPS) is 27.6. The fourth-order valence-corrected chi connectivity index (χ4v) is 2.69. The maximum atomic E-state index is 12.1. The summed E-state index contributed by atoms with van der Waals surface area (Å²) in [5.74, 6) is -0.416. The highest BCUT2D eigenvalue weighted by atomic mass is 79.9. The summed E-state index contributed by atoms with van der Waals surface area (Å²) in [4.78, 5) is 43.4. The van der Waals surface area contributed by atoms with E-state index in [2.05, 4.69) is 20.9 Å². The van der Waals surface area contributed by atoms with Crippen molar-refractivity contribution in [2.75, 3.05) is 20.6 Å². The minimum Gasteiger partial charge on any atom is -0.328 e. The van der Waals surface area contributed by atoms with E-state index in [4.69, 9.17) is 0 Å². The van der Waals surface area contributed by atoms with Crippen LogP contribution in [-0.2, 0) is 9.59 Å². The summed E-state index contributed by atoms with van der Waals surface area (Å²) in [6.45, 7) is 1.53. The molecule has 0 saturated carbocycles. The average molecular weight is 317 g/mol. The molecule has 1 fully saturated rings. The van der Waals surface area contributed by atoms with Crippen LogP contribution in [0.15, 0.2) is 4.99 Å². The highest BCUT2D eigenvalue weighted by molar-refractivity contribution is 9.18. The van der Waals surface area contributed by atoms with Crippen LogP contribution in [0.3, 0.4) is 0 Å².